The van der Waals surface area contributed by atoms with Gasteiger partial charge in [0.1, 0.15) is 15.3 Å². The van der Waals surface area contributed by atoms with Crippen LogP contribution in [0.4, 0.5) is 5.69 Å². The summed E-state index contributed by atoms with van der Waals surface area (Å²) in [6.45, 7) is 8.91. The minimum Gasteiger partial charge on any atom is -0.508 e. The van der Waals surface area contributed by atoms with E-state index >= 15 is 0 Å². The van der Waals surface area contributed by atoms with Gasteiger partial charge in [0.2, 0.25) is 5.91 Å². The number of aromatic hydroxyl groups is 1. The molecule has 1 amide bonds. The zero-order valence-electron chi connectivity index (χ0n) is 15.1. The van der Waals surface area contributed by atoms with Gasteiger partial charge in [0.05, 0.1) is 5.69 Å². The molecule has 0 spiro atoms. The molecule has 2 fully saturated rings. The number of rotatable bonds is 4. The molecule has 4 nitrogen and oxygen atoms in total. The number of hydrogen-bond acceptors (Lipinski definition) is 5. The molecule has 1 aromatic carbocycles. The first kappa shape index (κ1) is 18.7. The van der Waals surface area contributed by atoms with E-state index in [2.05, 4.69) is 4.90 Å². The highest BCUT2D eigenvalue weighted by Gasteiger charge is 2.39. The van der Waals surface area contributed by atoms with Gasteiger partial charge in [-0.2, -0.15) is 0 Å². The Morgan fingerprint density at radius 1 is 1.28 bits per heavy atom. The molecule has 0 aromatic heterocycles. The van der Waals surface area contributed by atoms with Gasteiger partial charge in [-0.1, -0.05) is 44.2 Å². The van der Waals surface area contributed by atoms with E-state index in [4.69, 9.17) is 12.2 Å². The van der Waals surface area contributed by atoms with Crippen LogP contribution in [0.2, 0.25) is 0 Å². The number of benzene rings is 1. The van der Waals surface area contributed by atoms with Gasteiger partial charge in [0.25, 0.3) is 0 Å². The van der Waals surface area contributed by atoms with Crippen LogP contribution in [-0.2, 0) is 4.79 Å². The summed E-state index contributed by atoms with van der Waals surface area (Å²) in [4.78, 5) is 17.1. The first-order valence-electron chi connectivity index (χ1n) is 8.99. The molecule has 3 rings (SSSR count). The molecule has 2 heterocycles. The maximum absolute atomic E-state index is 13.0. The van der Waals surface area contributed by atoms with Gasteiger partial charge in [-0.15, -0.1) is 0 Å². The van der Waals surface area contributed by atoms with Crippen molar-refractivity contribution in [1.82, 2.24) is 4.90 Å². The SMILES string of the molecule is Cc1cc(O)c(C(C)C)cc1N1C(=O)C(CN2CCCCC2)SC1=S. The van der Waals surface area contributed by atoms with Crippen molar-refractivity contribution in [2.45, 2.75) is 51.2 Å². The largest absolute Gasteiger partial charge is 0.508 e. The van der Waals surface area contributed by atoms with Crippen LogP contribution in [0.15, 0.2) is 12.1 Å². The summed E-state index contributed by atoms with van der Waals surface area (Å²) in [5.74, 6) is 0.540. The van der Waals surface area contributed by atoms with Crippen molar-refractivity contribution < 1.29 is 9.90 Å². The number of phenols is 1. The molecule has 2 aliphatic rings. The third-order valence-electron chi connectivity index (χ3n) is 5.00. The summed E-state index contributed by atoms with van der Waals surface area (Å²) in [7, 11) is 0. The highest BCUT2D eigenvalue weighted by atomic mass is 32.2. The molecule has 1 aromatic rings. The van der Waals surface area contributed by atoms with Gasteiger partial charge in [0, 0.05) is 6.54 Å². The van der Waals surface area contributed by atoms with E-state index in [-0.39, 0.29) is 22.8 Å². The lowest BCUT2D eigenvalue weighted by molar-refractivity contribution is -0.117. The molecule has 0 radical (unpaired) electrons. The van der Waals surface area contributed by atoms with Crippen LogP contribution >= 0.6 is 24.0 Å². The number of piperidine rings is 1. The van der Waals surface area contributed by atoms with Crippen LogP contribution in [0.1, 0.15) is 50.2 Å². The Morgan fingerprint density at radius 2 is 1.96 bits per heavy atom. The van der Waals surface area contributed by atoms with Crippen LogP contribution in [0, 0.1) is 6.92 Å². The smallest absolute Gasteiger partial charge is 0.247 e. The van der Waals surface area contributed by atoms with E-state index in [1.54, 1.807) is 11.0 Å². The predicted octanol–water partition coefficient (Wildman–Crippen LogP) is 4.04. The van der Waals surface area contributed by atoms with Gasteiger partial charge >= 0.3 is 0 Å². The summed E-state index contributed by atoms with van der Waals surface area (Å²) in [5.41, 5.74) is 2.53. The summed E-state index contributed by atoms with van der Waals surface area (Å²) in [6, 6.07) is 3.66. The number of likely N-dealkylation sites (tertiary alicyclic amines) is 1. The molecule has 0 saturated carbocycles. The van der Waals surface area contributed by atoms with E-state index < -0.39 is 0 Å². The predicted molar refractivity (Wildman–Crippen MR) is 109 cm³/mol. The molecule has 1 atom stereocenters. The Kier molecular flexibility index (Phi) is 5.71. The maximum atomic E-state index is 13.0. The van der Waals surface area contributed by atoms with Gasteiger partial charge in [-0.3, -0.25) is 9.69 Å². The third kappa shape index (κ3) is 3.86. The number of amides is 1. The van der Waals surface area contributed by atoms with Gasteiger partial charge in [0.15, 0.2) is 0 Å². The number of anilines is 1. The van der Waals surface area contributed by atoms with Crippen LogP contribution < -0.4 is 4.90 Å². The second kappa shape index (κ2) is 7.64. The molecule has 1 unspecified atom stereocenters. The first-order chi connectivity index (χ1) is 11.9. The van der Waals surface area contributed by atoms with Crippen molar-refractivity contribution in [3.05, 3.63) is 23.3 Å². The molecule has 0 aliphatic carbocycles. The van der Waals surface area contributed by atoms with Crippen LogP contribution in [0.3, 0.4) is 0 Å². The Hall–Kier alpha value is -1.11. The van der Waals surface area contributed by atoms with Crippen molar-refractivity contribution in [2.75, 3.05) is 24.5 Å². The number of carbonyl (C=O) groups is 1. The zero-order valence-corrected chi connectivity index (χ0v) is 16.8. The number of carbonyl (C=O) groups excluding carboxylic acids is 1. The molecule has 1 N–H and O–H groups in total. The quantitative estimate of drug-likeness (QED) is 0.801. The molecule has 0 bridgehead atoms. The van der Waals surface area contributed by atoms with Gasteiger partial charge in [-0.25, -0.2) is 0 Å². The fourth-order valence-electron chi connectivity index (χ4n) is 3.57. The normalized spacial score (nSPS) is 22.2. The molecule has 25 heavy (non-hydrogen) atoms. The second-order valence-electron chi connectivity index (χ2n) is 7.26. The monoisotopic (exact) mass is 378 g/mol. The van der Waals surface area contributed by atoms with Gasteiger partial charge < -0.3 is 10.0 Å². The number of nitrogens with zero attached hydrogens (tertiary/aromatic N) is 2. The van der Waals surface area contributed by atoms with Crippen LogP contribution in [0.25, 0.3) is 0 Å². The van der Waals surface area contributed by atoms with E-state index in [0.29, 0.717) is 4.32 Å². The minimum atomic E-state index is -0.124. The summed E-state index contributed by atoms with van der Waals surface area (Å²) < 4.78 is 0.621. The van der Waals surface area contributed by atoms with Crippen molar-refractivity contribution >= 4 is 39.9 Å². The number of aryl methyl sites for hydroxylation is 1. The van der Waals surface area contributed by atoms with E-state index in [1.165, 1.54) is 31.0 Å². The highest BCUT2D eigenvalue weighted by molar-refractivity contribution is 8.25. The molecule has 6 heteroatoms. The molecule has 2 saturated heterocycles. The lowest BCUT2D eigenvalue weighted by Gasteiger charge is -2.28. The summed E-state index contributed by atoms with van der Waals surface area (Å²) in [5, 5.41) is 10.1. The van der Waals surface area contributed by atoms with Crippen molar-refractivity contribution in [3.63, 3.8) is 0 Å². The van der Waals surface area contributed by atoms with Crippen LogP contribution in [0.5, 0.6) is 5.75 Å². The minimum absolute atomic E-state index is 0.0732. The first-order valence-corrected chi connectivity index (χ1v) is 10.3. The van der Waals surface area contributed by atoms with Gasteiger partial charge in [-0.05, 0) is 62.0 Å². The third-order valence-corrected chi connectivity index (χ3v) is 6.49. The standard InChI is InChI=1S/C19H26N2O2S2/c1-12(2)14-10-15(13(3)9-16(14)22)21-18(23)17(25-19(21)24)11-20-7-5-4-6-8-20/h9-10,12,17,22H,4-8,11H2,1-3H3. The Labute approximate surface area is 159 Å². The maximum Gasteiger partial charge on any atom is 0.247 e. The van der Waals surface area contributed by atoms with Crippen molar-refractivity contribution in [1.29, 1.82) is 0 Å². The lowest BCUT2D eigenvalue weighted by Crippen LogP contribution is -2.40. The molecular formula is C19H26N2O2S2. The van der Waals surface area contributed by atoms with Crippen molar-refractivity contribution in [3.8, 4) is 5.75 Å². The Morgan fingerprint density at radius 3 is 2.60 bits per heavy atom. The summed E-state index contributed by atoms with van der Waals surface area (Å²) >= 11 is 7.03. The Bertz CT molecular complexity index is 684. The zero-order chi connectivity index (χ0) is 18.1. The van der Waals surface area contributed by atoms with E-state index in [9.17, 15) is 9.90 Å². The molecule has 2 aliphatic heterocycles. The summed E-state index contributed by atoms with van der Waals surface area (Å²) in [6.07, 6.45) is 3.72. The van der Waals surface area contributed by atoms with Crippen molar-refractivity contribution in [2.24, 2.45) is 0 Å². The average Bonchev–Trinajstić information content (AvgIpc) is 2.83. The highest BCUT2D eigenvalue weighted by Crippen LogP contribution is 2.38. The number of hydrogen-bond donors (Lipinski definition) is 1. The fraction of sp³-hybridized carbons (Fsp3) is 0.579. The van der Waals surface area contributed by atoms with E-state index in [0.717, 1.165) is 36.4 Å². The molecular weight excluding hydrogens is 352 g/mol. The topological polar surface area (TPSA) is 43.8 Å². The van der Waals surface area contributed by atoms with E-state index in [1.807, 2.05) is 26.8 Å². The average molecular weight is 379 g/mol. The second-order valence-corrected chi connectivity index (χ2v) is 9.10. The number of phenolic OH excluding ortho intramolecular Hbond substituents is 1. The molecule has 136 valence electrons. The number of thiocarbonyl (C=S) groups is 1. The van der Waals surface area contributed by atoms with Crippen LogP contribution in [-0.4, -0.2) is 45.1 Å². The fourth-order valence-corrected chi connectivity index (χ4v) is 5.13. The lowest BCUT2D eigenvalue weighted by atomic mass is 9.98. The number of thioether (sulfide) groups is 1. The Balaban J connectivity index is 1.84.